The lowest BCUT2D eigenvalue weighted by molar-refractivity contribution is -0.145. The molecule has 18 heavy (non-hydrogen) atoms. The lowest BCUT2D eigenvalue weighted by Gasteiger charge is -2.34. The number of aromatic nitrogens is 1. The van der Waals surface area contributed by atoms with Crippen molar-refractivity contribution in [3.8, 4) is 0 Å². The third-order valence-corrected chi connectivity index (χ3v) is 3.69. The summed E-state index contributed by atoms with van der Waals surface area (Å²) in [6.45, 7) is 7.00. The highest BCUT2D eigenvalue weighted by atomic mass is 32.1. The molecule has 2 N–H and O–H groups in total. The second-order valence-electron chi connectivity index (χ2n) is 4.82. The van der Waals surface area contributed by atoms with Crippen molar-refractivity contribution in [1.29, 1.82) is 0 Å². The van der Waals surface area contributed by atoms with E-state index in [0.717, 1.165) is 11.4 Å². The Labute approximate surface area is 112 Å². The van der Waals surface area contributed by atoms with Gasteiger partial charge in [0.05, 0.1) is 13.0 Å². The minimum atomic E-state index is -0.259. The number of rotatable bonds is 6. The summed E-state index contributed by atoms with van der Waals surface area (Å²) in [6.07, 6.45) is 2.14. The van der Waals surface area contributed by atoms with E-state index in [1.807, 2.05) is 27.8 Å². The molecule has 0 amide bonds. The molecule has 0 saturated heterocycles. The second kappa shape index (κ2) is 6.15. The number of carbonyl (C=O) groups is 1. The lowest BCUT2D eigenvalue weighted by atomic mass is 9.99. The number of carbonyl (C=O) groups excluding carboxylic acids is 1. The van der Waals surface area contributed by atoms with E-state index in [9.17, 15) is 4.79 Å². The van der Waals surface area contributed by atoms with Crippen LogP contribution in [0.5, 0.6) is 0 Å². The fourth-order valence-corrected chi connectivity index (χ4v) is 2.28. The molecular formula is C12H21N3O2S. The van der Waals surface area contributed by atoms with Crippen LogP contribution in [-0.2, 0) is 16.1 Å². The molecule has 0 unspecified atom stereocenters. The SMILES string of the molecule is CCOC(=O)CC(C)(C)N(C)Cc1cnc(N)s1. The van der Waals surface area contributed by atoms with Gasteiger partial charge in [0.1, 0.15) is 0 Å². The highest BCUT2D eigenvalue weighted by molar-refractivity contribution is 7.15. The molecule has 0 radical (unpaired) electrons. The molecule has 5 nitrogen and oxygen atoms in total. The Balaban J connectivity index is 2.58. The van der Waals surface area contributed by atoms with Crippen LogP contribution >= 0.6 is 11.3 Å². The highest BCUT2D eigenvalue weighted by Gasteiger charge is 2.27. The molecule has 102 valence electrons. The standard InChI is InChI=1S/C12H21N3O2S/c1-5-17-10(16)6-12(2,3)15(4)8-9-7-14-11(13)18-9/h7H,5-6,8H2,1-4H3,(H2,13,14). The van der Waals surface area contributed by atoms with Gasteiger partial charge in [0, 0.05) is 23.2 Å². The van der Waals surface area contributed by atoms with Crippen LogP contribution < -0.4 is 5.73 Å². The van der Waals surface area contributed by atoms with Gasteiger partial charge in [-0.15, -0.1) is 11.3 Å². The summed E-state index contributed by atoms with van der Waals surface area (Å²) in [7, 11) is 1.98. The van der Waals surface area contributed by atoms with Crippen molar-refractivity contribution in [3.63, 3.8) is 0 Å². The van der Waals surface area contributed by atoms with Crippen molar-refractivity contribution < 1.29 is 9.53 Å². The van der Waals surface area contributed by atoms with Crippen molar-refractivity contribution in [2.75, 3.05) is 19.4 Å². The molecule has 1 aromatic rings. The zero-order valence-electron chi connectivity index (χ0n) is 11.4. The smallest absolute Gasteiger partial charge is 0.307 e. The maximum Gasteiger partial charge on any atom is 0.307 e. The van der Waals surface area contributed by atoms with E-state index in [-0.39, 0.29) is 11.5 Å². The molecule has 0 aliphatic heterocycles. The summed E-state index contributed by atoms with van der Waals surface area (Å²) in [6, 6.07) is 0. The minimum Gasteiger partial charge on any atom is -0.466 e. The Morgan fingerprint density at radius 3 is 2.78 bits per heavy atom. The maximum atomic E-state index is 11.5. The molecule has 0 saturated carbocycles. The Kier molecular flexibility index (Phi) is 5.10. The Morgan fingerprint density at radius 1 is 1.61 bits per heavy atom. The predicted molar refractivity (Wildman–Crippen MR) is 73.3 cm³/mol. The van der Waals surface area contributed by atoms with Gasteiger partial charge < -0.3 is 10.5 Å². The molecule has 6 heteroatoms. The minimum absolute atomic E-state index is 0.168. The van der Waals surface area contributed by atoms with Crippen molar-refractivity contribution in [2.45, 2.75) is 39.3 Å². The van der Waals surface area contributed by atoms with Crippen LogP contribution in [0.1, 0.15) is 32.1 Å². The summed E-state index contributed by atoms with van der Waals surface area (Å²) in [5.74, 6) is -0.168. The second-order valence-corrected chi connectivity index (χ2v) is 5.96. The van der Waals surface area contributed by atoms with Crippen LogP contribution in [0.25, 0.3) is 0 Å². The number of thiazole rings is 1. The van der Waals surface area contributed by atoms with Gasteiger partial charge in [-0.05, 0) is 27.8 Å². The first-order valence-electron chi connectivity index (χ1n) is 5.92. The number of hydrogen-bond acceptors (Lipinski definition) is 6. The van der Waals surface area contributed by atoms with Gasteiger partial charge in [-0.3, -0.25) is 9.69 Å². The largest absolute Gasteiger partial charge is 0.466 e. The van der Waals surface area contributed by atoms with E-state index < -0.39 is 0 Å². The zero-order chi connectivity index (χ0) is 13.8. The van der Waals surface area contributed by atoms with Gasteiger partial charge in [0.25, 0.3) is 0 Å². The van der Waals surface area contributed by atoms with Crippen LogP contribution in [-0.4, -0.2) is 35.0 Å². The first-order valence-corrected chi connectivity index (χ1v) is 6.74. The van der Waals surface area contributed by atoms with Gasteiger partial charge in [-0.1, -0.05) is 0 Å². The molecule has 0 fully saturated rings. The van der Waals surface area contributed by atoms with Crippen molar-refractivity contribution in [2.24, 2.45) is 0 Å². The van der Waals surface area contributed by atoms with E-state index >= 15 is 0 Å². The fourth-order valence-electron chi connectivity index (χ4n) is 1.54. The topological polar surface area (TPSA) is 68.5 Å². The lowest BCUT2D eigenvalue weighted by Crippen LogP contribution is -2.42. The third-order valence-electron chi connectivity index (χ3n) is 2.88. The van der Waals surface area contributed by atoms with E-state index in [2.05, 4.69) is 9.88 Å². The number of ether oxygens (including phenoxy) is 1. The summed E-state index contributed by atoms with van der Waals surface area (Å²) in [5, 5.41) is 0.571. The van der Waals surface area contributed by atoms with Crippen molar-refractivity contribution in [1.82, 2.24) is 9.88 Å². The van der Waals surface area contributed by atoms with Crippen LogP contribution in [0.3, 0.4) is 0 Å². The molecule has 1 heterocycles. The van der Waals surface area contributed by atoms with Gasteiger partial charge in [-0.25, -0.2) is 4.98 Å². The molecule has 0 aliphatic rings. The summed E-state index contributed by atoms with van der Waals surface area (Å²) < 4.78 is 4.99. The molecule has 0 spiro atoms. The van der Waals surface area contributed by atoms with Crippen LogP contribution in [0.2, 0.25) is 0 Å². The molecule has 0 atom stereocenters. The molecule has 1 rings (SSSR count). The average Bonchev–Trinajstić information content (AvgIpc) is 2.63. The number of nitrogen functional groups attached to an aromatic ring is 1. The molecule has 0 aromatic carbocycles. The van der Waals surface area contributed by atoms with E-state index in [1.165, 1.54) is 11.3 Å². The summed E-state index contributed by atoms with van der Waals surface area (Å²) >= 11 is 1.47. The van der Waals surface area contributed by atoms with Gasteiger partial charge in [0.2, 0.25) is 0 Å². The van der Waals surface area contributed by atoms with Crippen LogP contribution in [0.15, 0.2) is 6.20 Å². The first kappa shape index (κ1) is 14.9. The van der Waals surface area contributed by atoms with Gasteiger partial charge in [0.15, 0.2) is 5.13 Å². The average molecular weight is 271 g/mol. The highest BCUT2D eigenvalue weighted by Crippen LogP contribution is 2.23. The number of esters is 1. The monoisotopic (exact) mass is 271 g/mol. The Bertz CT molecular complexity index is 404. The molecule has 0 aliphatic carbocycles. The summed E-state index contributed by atoms with van der Waals surface area (Å²) in [5.41, 5.74) is 5.34. The number of nitrogens with two attached hydrogens (primary N) is 1. The number of anilines is 1. The first-order chi connectivity index (χ1) is 8.35. The molecule has 1 aromatic heterocycles. The summed E-state index contributed by atoms with van der Waals surface area (Å²) in [4.78, 5) is 18.8. The van der Waals surface area contributed by atoms with Gasteiger partial charge in [-0.2, -0.15) is 0 Å². The van der Waals surface area contributed by atoms with Gasteiger partial charge >= 0.3 is 5.97 Å². The van der Waals surface area contributed by atoms with E-state index in [4.69, 9.17) is 10.5 Å². The van der Waals surface area contributed by atoms with Crippen molar-refractivity contribution >= 4 is 22.4 Å². The number of nitrogens with zero attached hydrogens (tertiary/aromatic N) is 2. The predicted octanol–water partition coefficient (Wildman–Crippen LogP) is 1.89. The van der Waals surface area contributed by atoms with E-state index in [1.54, 1.807) is 6.20 Å². The third kappa shape index (κ3) is 4.27. The Hall–Kier alpha value is -1.14. The quantitative estimate of drug-likeness (QED) is 0.800. The van der Waals surface area contributed by atoms with E-state index in [0.29, 0.717) is 18.2 Å². The van der Waals surface area contributed by atoms with Crippen LogP contribution in [0.4, 0.5) is 5.13 Å². The number of hydrogen-bond donors (Lipinski definition) is 1. The Morgan fingerprint density at radius 2 is 2.28 bits per heavy atom. The molecular weight excluding hydrogens is 250 g/mol. The molecule has 0 bridgehead atoms. The van der Waals surface area contributed by atoms with Crippen LogP contribution in [0, 0.1) is 0 Å². The fraction of sp³-hybridized carbons (Fsp3) is 0.667. The normalized spacial score (nSPS) is 11.8. The maximum absolute atomic E-state index is 11.5. The zero-order valence-corrected chi connectivity index (χ0v) is 12.2. The van der Waals surface area contributed by atoms with Crippen molar-refractivity contribution in [3.05, 3.63) is 11.1 Å².